The maximum atomic E-state index is 6.26. The zero-order valence-corrected chi connectivity index (χ0v) is 17.9. The molecule has 31 heavy (non-hydrogen) atoms. The molecule has 150 valence electrons. The standard InChI is InChI=1S/C24H17BrN6/c25-19-13-11-16(12-14-19)20-15-21(26)31(30-20)24-27-22(17-7-3-1-4-8-17)23(28-29-24)18-9-5-2-6-10-18/h1-15H,26H2. The van der Waals surface area contributed by atoms with Gasteiger partial charge in [0, 0.05) is 27.2 Å². The lowest BCUT2D eigenvalue weighted by Crippen LogP contribution is -2.09. The van der Waals surface area contributed by atoms with Crippen molar-refractivity contribution >= 4 is 21.7 Å². The van der Waals surface area contributed by atoms with Crippen LogP contribution in [0.25, 0.3) is 39.7 Å². The summed E-state index contributed by atoms with van der Waals surface area (Å²) in [7, 11) is 0. The first-order chi connectivity index (χ1) is 15.2. The second-order valence-corrected chi connectivity index (χ2v) is 7.83. The highest BCUT2D eigenvalue weighted by atomic mass is 79.9. The van der Waals surface area contributed by atoms with Gasteiger partial charge in [-0.15, -0.1) is 10.2 Å². The van der Waals surface area contributed by atoms with Crippen LogP contribution in [0.3, 0.4) is 0 Å². The summed E-state index contributed by atoms with van der Waals surface area (Å²) in [6, 6.07) is 29.5. The minimum atomic E-state index is 0.319. The van der Waals surface area contributed by atoms with Crippen LogP contribution in [0.4, 0.5) is 5.82 Å². The van der Waals surface area contributed by atoms with Gasteiger partial charge in [-0.1, -0.05) is 88.7 Å². The van der Waals surface area contributed by atoms with E-state index in [9.17, 15) is 0 Å². The summed E-state index contributed by atoms with van der Waals surface area (Å²) in [6.45, 7) is 0. The van der Waals surface area contributed by atoms with Gasteiger partial charge in [-0.05, 0) is 12.1 Å². The van der Waals surface area contributed by atoms with Crippen LogP contribution < -0.4 is 5.73 Å². The normalized spacial score (nSPS) is 10.9. The van der Waals surface area contributed by atoms with Gasteiger partial charge in [0.1, 0.15) is 17.2 Å². The fourth-order valence-electron chi connectivity index (χ4n) is 3.31. The minimum absolute atomic E-state index is 0.319. The van der Waals surface area contributed by atoms with Gasteiger partial charge in [0.2, 0.25) is 0 Å². The van der Waals surface area contributed by atoms with Crippen LogP contribution in [0.2, 0.25) is 0 Å². The van der Waals surface area contributed by atoms with E-state index in [1.165, 1.54) is 4.68 Å². The molecule has 0 atom stereocenters. The predicted octanol–water partition coefficient (Wildman–Crippen LogP) is 5.40. The van der Waals surface area contributed by atoms with E-state index < -0.39 is 0 Å². The number of benzene rings is 3. The van der Waals surface area contributed by atoms with Gasteiger partial charge in [0.25, 0.3) is 5.95 Å². The highest BCUT2D eigenvalue weighted by Gasteiger charge is 2.17. The van der Waals surface area contributed by atoms with Gasteiger partial charge in [-0.2, -0.15) is 9.78 Å². The van der Waals surface area contributed by atoms with Crippen LogP contribution in [0.5, 0.6) is 0 Å². The lowest BCUT2D eigenvalue weighted by Gasteiger charge is -2.10. The highest BCUT2D eigenvalue weighted by molar-refractivity contribution is 9.10. The second-order valence-electron chi connectivity index (χ2n) is 6.91. The Balaban J connectivity index is 1.64. The Bertz CT molecular complexity index is 1330. The largest absolute Gasteiger partial charge is 0.383 e. The minimum Gasteiger partial charge on any atom is -0.383 e. The SMILES string of the molecule is Nc1cc(-c2ccc(Br)cc2)nn1-c1nnc(-c2ccccc2)c(-c2ccccc2)n1. The summed E-state index contributed by atoms with van der Waals surface area (Å²) in [4.78, 5) is 4.81. The molecule has 6 nitrogen and oxygen atoms in total. The molecule has 0 saturated heterocycles. The third-order valence-electron chi connectivity index (χ3n) is 4.84. The van der Waals surface area contributed by atoms with Crippen molar-refractivity contribution in [3.8, 4) is 39.7 Å². The van der Waals surface area contributed by atoms with E-state index in [1.807, 2.05) is 84.9 Å². The smallest absolute Gasteiger partial charge is 0.272 e. The molecule has 5 rings (SSSR count). The predicted molar refractivity (Wildman–Crippen MR) is 125 cm³/mol. The molecule has 0 amide bonds. The Kier molecular flexibility index (Phi) is 5.01. The molecule has 0 bridgehead atoms. The molecule has 0 radical (unpaired) electrons. The molecule has 7 heteroatoms. The molecule has 3 aromatic carbocycles. The number of nitrogens with zero attached hydrogens (tertiary/aromatic N) is 5. The van der Waals surface area contributed by atoms with Crippen molar-refractivity contribution in [2.75, 3.05) is 5.73 Å². The summed E-state index contributed by atoms with van der Waals surface area (Å²) >= 11 is 3.45. The van der Waals surface area contributed by atoms with Gasteiger partial charge < -0.3 is 5.73 Å². The van der Waals surface area contributed by atoms with Gasteiger partial charge in [0.15, 0.2) is 0 Å². The maximum Gasteiger partial charge on any atom is 0.272 e. The zero-order valence-electron chi connectivity index (χ0n) is 16.4. The van der Waals surface area contributed by atoms with Crippen molar-refractivity contribution in [3.63, 3.8) is 0 Å². The fourth-order valence-corrected chi connectivity index (χ4v) is 3.58. The van der Waals surface area contributed by atoms with E-state index in [0.29, 0.717) is 17.5 Å². The molecule has 5 aromatic rings. The van der Waals surface area contributed by atoms with Crippen LogP contribution in [0.1, 0.15) is 0 Å². The van der Waals surface area contributed by atoms with Crippen LogP contribution in [-0.4, -0.2) is 25.0 Å². The first kappa shape index (κ1) is 19.1. The van der Waals surface area contributed by atoms with Crippen molar-refractivity contribution in [3.05, 3.63) is 95.5 Å². The van der Waals surface area contributed by atoms with Gasteiger partial charge in [-0.3, -0.25) is 0 Å². The molecule has 0 spiro atoms. The highest BCUT2D eigenvalue weighted by Crippen LogP contribution is 2.29. The van der Waals surface area contributed by atoms with E-state index in [1.54, 1.807) is 6.07 Å². The number of anilines is 1. The number of halogens is 1. The molecular weight excluding hydrogens is 452 g/mol. The third-order valence-corrected chi connectivity index (χ3v) is 5.37. The average Bonchev–Trinajstić information content (AvgIpc) is 3.22. The Labute approximate surface area is 187 Å². The summed E-state index contributed by atoms with van der Waals surface area (Å²) < 4.78 is 2.52. The van der Waals surface area contributed by atoms with E-state index in [2.05, 4.69) is 31.2 Å². The summed E-state index contributed by atoms with van der Waals surface area (Å²) in [5.74, 6) is 0.755. The molecule has 0 aliphatic carbocycles. The molecule has 2 heterocycles. The number of hydrogen-bond donors (Lipinski definition) is 1. The Morgan fingerprint density at radius 3 is 1.94 bits per heavy atom. The number of rotatable bonds is 4. The quantitative estimate of drug-likeness (QED) is 0.381. The lowest BCUT2D eigenvalue weighted by molar-refractivity contribution is 0.787. The van der Waals surface area contributed by atoms with Crippen molar-refractivity contribution < 1.29 is 0 Å². The van der Waals surface area contributed by atoms with Crippen LogP contribution in [0.15, 0.2) is 95.5 Å². The molecule has 0 aliphatic rings. The maximum absolute atomic E-state index is 6.26. The molecule has 0 fully saturated rings. The number of hydrogen-bond acceptors (Lipinski definition) is 5. The fraction of sp³-hybridized carbons (Fsp3) is 0. The topological polar surface area (TPSA) is 82.5 Å². The van der Waals surface area contributed by atoms with Gasteiger partial charge in [0.05, 0.1) is 5.69 Å². The average molecular weight is 469 g/mol. The molecule has 2 N–H and O–H groups in total. The Morgan fingerprint density at radius 2 is 1.29 bits per heavy atom. The lowest BCUT2D eigenvalue weighted by atomic mass is 10.0. The Morgan fingerprint density at radius 1 is 0.677 bits per heavy atom. The van der Waals surface area contributed by atoms with E-state index >= 15 is 0 Å². The van der Waals surface area contributed by atoms with Crippen molar-refractivity contribution in [2.24, 2.45) is 0 Å². The molecule has 0 unspecified atom stereocenters. The van der Waals surface area contributed by atoms with E-state index in [0.717, 1.165) is 32.6 Å². The summed E-state index contributed by atoms with van der Waals surface area (Å²) in [5.41, 5.74) is 11.3. The number of aromatic nitrogens is 5. The van der Waals surface area contributed by atoms with Crippen LogP contribution >= 0.6 is 15.9 Å². The third kappa shape index (κ3) is 3.83. The van der Waals surface area contributed by atoms with E-state index in [-0.39, 0.29) is 0 Å². The van der Waals surface area contributed by atoms with Gasteiger partial charge >= 0.3 is 0 Å². The van der Waals surface area contributed by atoms with Crippen molar-refractivity contribution in [2.45, 2.75) is 0 Å². The first-order valence-electron chi connectivity index (χ1n) is 9.66. The molecular formula is C24H17BrN6. The summed E-state index contributed by atoms with van der Waals surface area (Å²) in [5, 5.41) is 13.5. The Hall–Kier alpha value is -3.84. The molecule has 2 aromatic heterocycles. The number of nitrogens with two attached hydrogens (primary N) is 1. The van der Waals surface area contributed by atoms with Crippen molar-refractivity contribution in [1.29, 1.82) is 0 Å². The summed E-state index contributed by atoms with van der Waals surface area (Å²) in [6.07, 6.45) is 0. The number of nitrogen functional groups attached to an aromatic ring is 1. The first-order valence-corrected chi connectivity index (χ1v) is 10.5. The second kappa shape index (κ2) is 8.12. The van der Waals surface area contributed by atoms with Crippen LogP contribution in [-0.2, 0) is 0 Å². The van der Waals surface area contributed by atoms with Gasteiger partial charge in [-0.25, -0.2) is 4.98 Å². The monoisotopic (exact) mass is 468 g/mol. The van der Waals surface area contributed by atoms with Crippen LogP contribution in [0, 0.1) is 0 Å². The zero-order chi connectivity index (χ0) is 21.2. The van der Waals surface area contributed by atoms with Crippen molar-refractivity contribution in [1.82, 2.24) is 25.0 Å². The molecule has 0 aliphatic heterocycles. The molecule has 0 saturated carbocycles. The van der Waals surface area contributed by atoms with E-state index in [4.69, 9.17) is 10.7 Å².